The van der Waals surface area contributed by atoms with Crippen molar-refractivity contribution in [3.63, 3.8) is 0 Å². The molecule has 16 heavy (non-hydrogen) atoms. The van der Waals surface area contributed by atoms with Crippen molar-refractivity contribution in [2.45, 2.75) is 37.4 Å². The minimum Gasteiger partial charge on any atom is -0.379 e. The molecule has 0 aromatic rings. The third kappa shape index (κ3) is 3.23. The lowest BCUT2D eigenvalue weighted by molar-refractivity contribution is -0.145. The number of rotatable bonds is 4. The molecule has 0 aliphatic carbocycles. The highest BCUT2D eigenvalue weighted by Crippen LogP contribution is 2.28. The van der Waals surface area contributed by atoms with Crippen molar-refractivity contribution >= 4 is 29.1 Å². The Morgan fingerprint density at radius 3 is 2.75 bits per heavy atom. The molecule has 1 unspecified atom stereocenters. The summed E-state index contributed by atoms with van der Waals surface area (Å²) in [5.41, 5.74) is -0.680. The molecule has 0 N–H and O–H groups in total. The number of hydrogen-bond donors (Lipinski definition) is 0. The smallest absolute Gasteiger partial charge is 0.258 e. The van der Waals surface area contributed by atoms with E-state index in [1.165, 1.54) is 0 Å². The molecule has 0 saturated carbocycles. The molecule has 6 heteroatoms. The first kappa shape index (κ1) is 14.0. The van der Waals surface area contributed by atoms with Gasteiger partial charge in [-0.1, -0.05) is 23.2 Å². The Kier molecular flexibility index (Phi) is 4.86. The van der Waals surface area contributed by atoms with Gasteiger partial charge in [0, 0.05) is 6.61 Å². The van der Waals surface area contributed by atoms with E-state index in [1.807, 2.05) is 20.8 Å². The normalized spacial score (nSPS) is 24.1. The SMILES string of the molecule is CCOCC1CN(C(=O)C(Cl)Cl)C(C)(C)O1. The zero-order chi connectivity index (χ0) is 12.3. The summed E-state index contributed by atoms with van der Waals surface area (Å²) in [6.07, 6.45) is -0.119. The van der Waals surface area contributed by atoms with Crippen LogP contribution in [-0.2, 0) is 14.3 Å². The van der Waals surface area contributed by atoms with Gasteiger partial charge in [0.05, 0.1) is 13.2 Å². The Morgan fingerprint density at radius 2 is 2.25 bits per heavy atom. The second-order valence-electron chi connectivity index (χ2n) is 4.10. The zero-order valence-corrected chi connectivity index (χ0v) is 11.2. The van der Waals surface area contributed by atoms with Crippen LogP contribution in [0.4, 0.5) is 0 Å². The van der Waals surface area contributed by atoms with Gasteiger partial charge in [0.15, 0.2) is 4.84 Å². The number of carbonyl (C=O) groups excluding carboxylic acids is 1. The summed E-state index contributed by atoms with van der Waals surface area (Å²) in [4.78, 5) is 12.2. The Bertz CT molecular complexity index is 258. The van der Waals surface area contributed by atoms with Gasteiger partial charge < -0.3 is 14.4 Å². The van der Waals surface area contributed by atoms with E-state index in [4.69, 9.17) is 32.7 Å². The molecule has 1 fully saturated rings. The van der Waals surface area contributed by atoms with Gasteiger partial charge in [-0.3, -0.25) is 4.79 Å². The number of ether oxygens (including phenoxy) is 2. The summed E-state index contributed by atoms with van der Waals surface area (Å²) in [6.45, 7) is 7.10. The van der Waals surface area contributed by atoms with Crippen LogP contribution in [0.15, 0.2) is 0 Å². The fraction of sp³-hybridized carbons (Fsp3) is 0.900. The third-order valence-electron chi connectivity index (χ3n) is 2.45. The van der Waals surface area contributed by atoms with Gasteiger partial charge in [0.2, 0.25) is 0 Å². The average molecular weight is 270 g/mol. The molecule has 1 rings (SSSR count). The van der Waals surface area contributed by atoms with Gasteiger partial charge in [0.25, 0.3) is 5.91 Å². The largest absolute Gasteiger partial charge is 0.379 e. The lowest BCUT2D eigenvalue weighted by Crippen LogP contribution is -2.45. The summed E-state index contributed by atoms with van der Waals surface area (Å²) in [6, 6.07) is 0. The van der Waals surface area contributed by atoms with Gasteiger partial charge in [-0.2, -0.15) is 0 Å². The Balaban J connectivity index is 2.62. The Hall–Kier alpha value is -0.0300. The number of hydrogen-bond acceptors (Lipinski definition) is 3. The quantitative estimate of drug-likeness (QED) is 0.731. The van der Waals surface area contributed by atoms with Crippen molar-refractivity contribution in [1.29, 1.82) is 0 Å². The minimum atomic E-state index is -1.05. The van der Waals surface area contributed by atoms with Crippen molar-refractivity contribution < 1.29 is 14.3 Å². The Morgan fingerprint density at radius 1 is 1.62 bits per heavy atom. The minimum absolute atomic E-state index is 0.119. The van der Waals surface area contributed by atoms with Crippen LogP contribution in [-0.4, -0.2) is 47.2 Å². The monoisotopic (exact) mass is 269 g/mol. The highest BCUT2D eigenvalue weighted by atomic mass is 35.5. The maximum absolute atomic E-state index is 11.7. The van der Waals surface area contributed by atoms with Crippen LogP contribution in [0.5, 0.6) is 0 Å². The lowest BCUT2D eigenvalue weighted by atomic mass is 10.2. The molecule has 0 bridgehead atoms. The molecule has 1 heterocycles. The summed E-state index contributed by atoms with van der Waals surface area (Å²) >= 11 is 11.2. The molecular formula is C10H17Cl2NO3. The van der Waals surface area contributed by atoms with Crippen molar-refractivity contribution in [2.24, 2.45) is 0 Å². The van der Waals surface area contributed by atoms with Crippen molar-refractivity contribution in [3.8, 4) is 0 Å². The van der Waals surface area contributed by atoms with E-state index in [-0.39, 0.29) is 12.0 Å². The van der Waals surface area contributed by atoms with E-state index < -0.39 is 10.6 Å². The average Bonchev–Trinajstić information content (AvgIpc) is 2.49. The molecule has 0 radical (unpaired) electrons. The van der Waals surface area contributed by atoms with Crippen LogP contribution in [0.2, 0.25) is 0 Å². The molecule has 1 saturated heterocycles. The van der Waals surface area contributed by atoms with Gasteiger partial charge in [0.1, 0.15) is 11.8 Å². The number of halogens is 2. The van der Waals surface area contributed by atoms with E-state index in [2.05, 4.69) is 0 Å². The highest BCUT2D eigenvalue weighted by Gasteiger charge is 2.43. The van der Waals surface area contributed by atoms with Crippen molar-refractivity contribution in [1.82, 2.24) is 4.90 Å². The Labute approximate surface area is 106 Å². The molecule has 94 valence electrons. The third-order valence-corrected chi connectivity index (χ3v) is 2.83. The maximum Gasteiger partial charge on any atom is 0.258 e. The van der Waals surface area contributed by atoms with Gasteiger partial charge in [-0.15, -0.1) is 0 Å². The molecule has 0 spiro atoms. The lowest BCUT2D eigenvalue weighted by Gasteiger charge is -2.30. The second-order valence-corrected chi connectivity index (χ2v) is 5.19. The van der Waals surface area contributed by atoms with Crippen LogP contribution in [0.1, 0.15) is 20.8 Å². The highest BCUT2D eigenvalue weighted by molar-refractivity contribution is 6.53. The molecule has 4 nitrogen and oxygen atoms in total. The van der Waals surface area contributed by atoms with Crippen molar-refractivity contribution in [2.75, 3.05) is 19.8 Å². The molecular weight excluding hydrogens is 253 g/mol. The fourth-order valence-electron chi connectivity index (χ4n) is 1.74. The topological polar surface area (TPSA) is 38.8 Å². The van der Waals surface area contributed by atoms with E-state index in [0.717, 1.165) is 0 Å². The zero-order valence-electron chi connectivity index (χ0n) is 9.70. The van der Waals surface area contributed by atoms with Crippen LogP contribution < -0.4 is 0 Å². The van der Waals surface area contributed by atoms with E-state index in [9.17, 15) is 4.79 Å². The molecule has 1 aliphatic rings. The first-order chi connectivity index (χ1) is 7.38. The number of nitrogens with zero attached hydrogens (tertiary/aromatic N) is 1. The van der Waals surface area contributed by atoms with Crippen LogP contribution in [0.3, 0.4) is 0 Å². The maximum atomic E-state index is 11.7. The van der Waals surface area contributed by atoms with Crippen molar-refractivity contribution in [3.05, 3.63) is 0 Å². The summed E-state index contributed by atoms with van der Waals surface area (Å²) in [5.74, 6) is -0.327. The standard InChI is InChI=1S/C10H17Cl2NO3/c1-4-15-6-7-5-13(9(14)8(11)12)10(2,3)16-7/h7-8H,4-6H2,1-3H3. The van der Waals surface area contributed by atoms with Gasteiger partial charge in [-0.25, -0.2) is 0 Å². The summed E-state index contributed by atoms with van der Waals surface area (Å²) in [7, 11) is 0. The molecule has 0 aromatic heterocycles. The number of alkyl halides is 2. The number of carbonyl (C=O) groups is 1. The van der Waals surface area contributed by atoms with E-state index in [0.29, 0.717) is 19.8 Å². The predicted octanol–water partition coefficient (Wildman–Crippen LogP) is 1.79. The predicted molar refractivity (Wildman–Crippen MR) is 62.7 cm³/mol. The number of amides is 1. The van der Waals surface area contributed by atoms with Crippen LogP contribution >= 0.6 is 23.2 Å². The molecule has 1 atom stereocenters. The second kappa shape index (κ2) is 5.54. The van der Waals surface area contributed by atoms with Crippen LogP contribution in [0.25, 0.3) is 0 Å². The summed E-state index contributed by atoms with van der Waals surface area (Å²) in [5, 5.41) is 0. The molecule has 1 aliphatic heterocycles. The van der Waals surface area contributed by atoms with E-state index in [1.54, 1.807) is 4.90 Å². The first-order valence-corrected chi connectivity index (χ1v) is 6.11. The van der Waals surface area contributed by atoms with Gasteiger partial charge in [-0.05, 0) is 20.8 Å². The summed E-state index contributed by atoms with van der Waals surface area (Å²) < 4.78 is 11.0. The molecule has 1 amide bonds. The van der Waals surface area contributed by atoms with E-state index >= 15 is 0 Å². The van der Waals surface area contributed by atoms with Crippen LogP contribution in [0, 0.1) is 0 Å². The van der Waals surface area contributed by atoms with Gasteiger partial charge >= 0.3 is 0 Å². The fourth-order valence-corrected chi connectivity index (χ4v) is 1.98. The molecule has 0 aromatic carbocycles. The first-order valence-electron chi connectivity index (χ1n) is 5.23.